The molecule has 0 aliphatic carbocycles. The van der Waals surface area contributed by atoms with Gasteiger partial charge in [-0.3, -0.25) is 13.7 Å². The van der Waals surface area contributed by atoms with E-state index >= 15 is 0 Å². The highest BCUT2D eigenvalue weighted by molar-refractivity contribution is 7.60. The van der Waals surface area contributed by atoms with Gasteiger partial charge in [0, 0.05) is 19.1 Å². The van der Waals surface area contributed by atoms with E-state index in [9.17, 15) is 29.3 Å². The lowest BCUT2D eigenvalue weighted by Gasteiger charge is -2.51. The van der Waals surface area contributed by atoms with Crippen molar-refractivity contribution in [1.82, 2.24) is 0 Å². The van der Waals surface area contributed by atoms with Gasteiger partial charge >= 0.3 is 7.60 Å². The van der Waals surface area contributed by atoms with Gasteiger partial charge in [0.2, 0.25) is 7.37 Å². The summed E-state index contributed by atoms with van der Waals surface area (Å²) in [6, 6.07) is -1.03. The highest BCUT2D eigenvalue weighted by Crippen LogP contribution is 2.69. The molecule has 1 aliphatic heterocycles. The van der Waals surface area contributed by atoms with Gasteiger partial charge in [-0.25, -0.2) is 0 Å². The molecule has 1 heterocycles. The first-order valence-electron chi connectivity index (χ1n) is 11.5. The van der Waals surface area contributed by atoms with Gasteiger partial charge in [0.1, 0.15) is 14.0 Å². The van der Waals surface area contributed by atoms with Crippen molar-refractivity contribution in [3.05, 3.63) is 0 Å². The van der Waals surface area contributed by atoms with Gasteiger partial charge in [-0.2, -0.15) is 0 Å². The Bertz CT molecular complexity index is 775. The molecule has 0 bridgehead atoms. The molecule has 0 saturated carbocycles. The third-order valence-electron chi connectivity index (χ3n) is 7.59. The van der Waals surface area contributed by atoms with Crippen LogP contribution < -0.4 is 0 Å². The summed E-state index contributed by atoms with van der Waals surface area (Å²) in [5, 5.41) is 27.2. The average Bonchev–Trinajstić information content (AvgIpc) is 2.91. The fourth-order valence-electron chi connectivity index (χ4n) is 4.16. The van der Waals surface area contributed by atoms with E-state index in [1.807, 2.05) is 6.92 Å². The fraction of sp³-hybridized carbons (Fsp3) is 1.00. The third-order valence-corrected chi connectivity index (χ3v) is 13.0. The number of ether oxygens (including phenoxy) is 1. The van der Waals surface area contributed by atoms with Crippen molar-refractivity contribution in [2.24, 2.45) is 0 Å². The van der Waals surface area contributed by atoms with Crippen LogP contribution in [0.4, 0.5) is 0 Å². The van der Waals surface area contributed by atoms with Gasteiger partial charge in [0.05, 0.1) is 28.6 Å². The largest absolute Gasteiger partial charge is 0.388 e. The molecule has 33 heavy (non-hydrogen) atoms. The second kappa shape index (κ2) is 10.3. The van der Waals surface area contributed by atoms with Crippen LogP contribution in [0.15, 0.2) is 0 Å². The van der Waals surface area contributed by atoms with Crippen LogP contribution in [0.25, 0.3) is 0 Å². The molecular weight excluding hydrogens is 469 g/mol. The zero-order valence-electron chi connectivity index (χ0n) is 21.4. The lowest BCUT2D eigenvalue weighted by molar-refractivity contribution is -0.0395. The fourth-order valence-corrected chi connectivity index (χ4v) is 8.21. The molecule has 194 valence electrons. The molecule has 0 aromatic carbocycles. The zero-order valence-corrected chi connectivity index (χ0v) is 23.2. The highest BCUT2D eigenvalue weighted by Gasteiger charge is 2.59. The van der Waals surface area contributed by atoms with Gasteiger partial charge in [-0.15, -0.1) is 0 Å². The minimum Gasteiger partial charge on any atom is -0.388 e. The molecule has 0 amide bonds. The van der Waals surface area contributed by atoms with Crippen molar-refractivity contribution < 1.29 is 43.1 Å². The van der Waals surface area contributed by atoms with Crippen molar-refractivity contribution in [1.29, 1.82) is 0 Å². The standard InChI is InChI=1S/C21H43BO9P2/c1-10-19(6,13-14-15(23)16(24)17(22)29-14)30-32(9,26)21(8,12-3)20(7,11-2)31-33(27,28)18(4,5)25/h14-17,23-25H,10-13H2,1-9H3,(H,27,28)/t14-,15-,16-,17-,19-,20?,21?,32?/m1/s1. The van der Waals surface area contributed by atoms with Crippen LogP contribution in [0.2, 0.25) is 0 Å². The first-order chi connectivity index (χ1) is 14.7. The van der Waals surface area contributed by atoms with Crippen LogP contribution in [-0.4, -0.2) is 80.7 Å². The number of aliphatic hydroxyl groups excluding tert-OH is 2. The van der Waals surface area contributed by atoms with Gasteiger partial charge in [-0.1, -0.05) is 20.8 Å². The van der Waals surface area contributed by atoms with Crippen molar-refractivity contribution in [2.75, 3.05) is 6.66 Å². The number of hydrogen-bond acceptors (Lipinski definition) is 8. The lowest BCUT2D eigenvalue weighted by Crippen LogP contribution is -2.52. The van der Waals surface area contributed by atoms with Gasteiger partial charge in [0.15, 0.2) is 5.34 Å². The summed E-state index contributed by atoms with van der Waals surface area (Å²) >= 11 is 0. The molecule has 9 nitrogen and oxygen atoms in total. The van der Waals surface area contributed by atoms with Gasteiger partial charge < -0.3 is 29.5 Å². The molecule has 1 fully saturated rings. The molecule has 9 atom stereocenters. The van der Waals surface area contributed by atoms with Crippen LogP contribution in [0.3, 0.4) is 0 Å². The molecule has 4 unspecified atom stereocenters. The van der Waals surface area contributed by atoms with E-state index in [1.54, 1.807) is 34.6 Å². The minimum atomic E-state index is -4.51. The van der Waals surface area contributed by atoms with Crippen LogP contribution >= 0.6 is 15.0 Å². The van der Waals surface area contributed by atoms with Gasteiger partial charge in [-0.05, 0) is 53.9 Å². The van der Waals surface area contributed by atoms with Crippen molar-refractivity contribution >= 4 is 22.8 Å². The lowest BCUT2D eigenvalue weighted by atomic mass is 9.85. The Morgan fingerprint density at radius 3 is 1.79 bits per heavy atom. The number of aliphatic hydroxyl groups is 3. The van der Waals surface area contributed by atoms with Gasteiger partial charge in [0.25, 0.3) is 0 Å². The second-order valence-corrected chi connectivity index (χ2v) is 15.6. The minimum absolute atomic E-state index is 0.124. The molecule has 1 rings (SSSR count). The van der Waals surface area contributed by atoms with Crippen molar-refractivity contribution in [2.45, 2.75) is 127 Å². The maximum Gasteiger partial charge on any atom is 0.359 e. The first kappa shape index (κ1) is 31.3. The molecule has 0 aromatic rings. The van der Waals surface area contributed by atoms with Crippen molar-refractivity contribution in [3.8, 4) is 0 Å². The summed E-state index contributed by atoms with van der Waals surface area (Å²) in [5.41, 5.74) is -2.41. The van der Waals surface area contributed by atoms with E-state index in [0.717, 1.165) is 0 Å². The Hall–Kier alpha value is 0.245. The van der Waals surface area contributed by atoms with Crippen LogP contribution in [0.1, 0.15) is 81.1 Å². The van der Waals surface area contributed by atoms with E-state index in [4.69, 9.17) is 21.6 Å². The molecule has 1 aliphatic rings. The Labute approximate surface area is 200 Å². The van der Waals surface area contributed by atoms with E-state index in [2.05, 4.69) is 0 Å². The molecule has 12 heteroatoms. The summed E-state index contributed by atoms with van der Waals surface area (Å²) in [7, 11) is -2.43. The predicted molar refractivity (Wildman–Crippen MR) is 129 cm³/mol. The summed E-state index contributed by atoms with van der Waals surface area (Å²) in [4.78, 5) is 10.5. The monoisotopic (exact) mass is 512 g/mol. The topological polar surface area (TPSA) is 143 Å². The average molecular weight is 512 g/mol. The van der Waals surface area contributed by atoms with Crippen LogP contribution in [0, 0.1) is 0 Å². The predicted octanol–water partition coefficient (Wildman–Crippen LogP) is 3.35. The number of hydrogen-bond donors (Lipinski definition) is 4. The maximum atomic E-state index is 14.3. The van der Waals surface area contributed by atoms with Crippen molar-refractivity contribution in [3.63, 3.8) is 0 Å². The first-order valence-corrected chi connectivity index (χ1v) is 15.1. The Morgan fingerprint density at radius 2 is 1.45 bits per heavy atom. The molecule has 4 N–H and O–H groups in total. The Morgan fingerprint density at radius 1 is 0.939 bits per heavy atom. The quantitative estimate of drug-likeness (QED) is 0.229. The Balaban J connectivity index is 3.33. The molecule has 2 radical (unpaired) electrons. The number of rotatable bonds is 12. The summed E-state index contributed by atoms with van der Waals surface area (Å²) in [5.74, 6) is 0. The molecular formula is C21H43BO9P2. The highest BCUT2D eigenvalue weighted by atomic mass is 31.2. The second-order valence-electron chi connectivity index (χ2n) is 10.4. The van der Waals surface area contributed by atoms with E-state index < -0.39 is 61.0 Å². The normalized spacial score (nSPS) is 33.4. The SMILES string of the molecule is [B][C@@H]1O[C@H](C[C@@](C)(CC)OP(C)(=O)C(C)(CC)C(C)(CC)OP(=O)(O)C(C)(C)O)[C@@H](O)[C@H]1O. The molecule has 0 spiro atoms. The maximum absolute atomic E-state index is 14.3. The summed E-state index contributed by atoms with van der Waals surface area (Å²) in [6.45, 7) is 14.3. The van der Waals surface area contributed by atoms with E-state index in [-0.39, 0.29) is 12.8 Å². The summed E-state index contributed by atoms with van der Waals surface area (Å²) in [6.07, 6.45) is -2.19. The zero-order chi connectivity index (χ0) is 26.3. The smallest absolute Gasteiger partial charge is 0.359 e. The summed E-state index contributed by atoms with van der Waals surface area (Å²) < 4.78 is 44.6. The third kappa shape index (κ3) is 6.15. The van der Waals surface area contributed by atoms with Crippen LogP contribution in [0.5, 0.6) is 0 Å². The van der Waals surface area contributed by atoms with Crippen LogP contribution in [-0.2, 0) is 22.9 Å². The molecule has 0 aromatic heterocycles. The molecule has 1 saturated heterocycles. The van der Waals surface area contributed by atoms with E-state index in [0.29, 0.717) is 12.8 Å². The van der Waals surface area contributed by atoms with E-state index in [1.165, 1.54) is 20.5 Å². The Kier molecular flexibility index (Phi) is 9.78.